The van der Waals surface area contributed by atoms with Crippen LogP contribution < -0.4 is 10.1 Å². The topological polar surface area (TPSA) is 65.4 Å². The Kier molecular flexibility index (Phi) is 4.64. The Morgan fingerprint density at radius 1 is 1.19 bits per heavy atom. The highest BCUT2D eigenvalue weighted by Crippen LogP contribution is 2.39. The van der Waals surface area contributed by atoms with E-state index in [-0.39, 0.29) is 11.8 Å². The molecule has 1 aliphatic rings. The van der Waals surface area contributed by atoms with Crippen LogP contribution in [-0.2, 0) is 16.1 Å². The number of benzene rings is 2. The second-order valence-electron chi connectivity index (χ2n) is 6.51. The van der Waals surface area contributed by atoms with Gasteiger partial charge in [0.25, 0.3) is 0 Å². The SMILES string of the molecule is COCc1cc(C2CC(=O)Nc3c2cnn3-c2ccccc2)ccc1OC. The molecule has 0 radical (unpaired) electrons. The quantitative estimate of drug-likeness (QED) is 0.753. The van der Waals surface area contributed by atoms with Crippen LogP contribution in [0.2, 0.25) is 0 Å². The van der Waals surface area contributed by atoms with E-state index < -0.39 is 0 Å². The number of anilines is 1. The van der Waals surface area contributed by atoms with Gasteiger partial charge in [0.2, 0.25) is 5.91 Å². The zero-order valence-corrected chi connectivity index (χ0v) is 15.3. The molecule has 1 aromatic heterocycles. The van der Waals surface area contributed by atoms with Crippen LogP contribution in [0, 0.1) is 0 Å². The first-order valence-electron chi connectivity index (χ1n) is 8.80. The summed E-state index contributed by atoms with van der Waals surface area (Å²) in [6.45, 7) is 0.450. The maximum atomic E-state index is 12.4. The van der Waals surface area contributed by atoms with Gasteiger partial charge in [-0.1, -0.05) is 24.3 Å². The number of methoxy groups -OCH3 is 2. The largest absolute Gasteiger partial charge is 0.496 e. The number of nitrogens with one attached hydrogen (secondary N) is 1. The highest BCUT2D eigenvalue weighted by molar-refractivity contribution is 5.94. The van der Waals surface area contributed by atoms with E-state index in [0.29, 0.717) is 13.0 Å². The van der Waals surface area contributed by atoms with Crippen molar-refractivity contribution < 1.29 is 14.3 Å². The third-order valence-electron chi connectivity index (χ3n) is 4.83. The van der Waals surface area contributed by atoms with Gasteiger partial charge < -0.3 is 14.8 Å². The van der Waals surface area contributed by atoms with Gasteiger partial charge in [-0.2, -0.15) is 5.10 Å². The van der Waals surface area contributed by atoms with Crippen LogP contribution in [0.3, 0.4) is 0 Å². The van der Waals surface area contributed by atoms with Gasteiger partial charge in [0, 0.05) is 30.6 Å². The number of para-hydroxylation sites is 1. The highest BCUT2D eigenvalue weighted by atomic mass is 16.5. The summed E-state index contributed by atoms with van der Waals surface area (Å²) in [6, 6.07) is 15.8. The van der Waals surface area contributed by atoms with Crippen LogP contribution in [-0.4, -0.2) is 29.9 Å². The molecule has 3 aromatic rings. The summed E-state index contributed by atoms with van der Waals surface area (Å²) in [5.41, 5.74) is 3.92. The van der Waals surface area contributed by atoms with Crippen molar-refractivity contribution >= 4 is 11.7 Å². The van der Waals surface area contributed by atoms with Crippen LogP contribution in [0.1, 0.15) is 29.0 Å². The van der Waals surface area contributed by atoms with Gasteiger partial charge in [-0.05, 0) is 29.8 Å². The number of hydrogen-bond acceptors (Lipinski definition) is 4. The normalized spacial score (nSPS) is 15.9. The van der Waals surface area contributed by atoms with Gasteiger partial charge in [0.15, 0.2) is 0 Å². The third kappa shape index (κ3) is 3.19. The number of hydrogen-bond donors (Lipinski definition) is 1. The average Bonchev–Trinajstić information content (AvgIpc) is 3.12. The molecule has 0 aliphatic carbocycles. The number of aromatic nitrogens is 2. The molecule has 0 saturated heterocycles. The lowest BCUT2D eigenvalue weighted by Gasteiger charge is -2.24. The maximum absolute atomic E-state index is 12.4. The molecular formula is C21H21N3O3. The molecule has 6 heteroatoms. The highest BCUT2D eigenvalue weighted by Gasteiger charge is 2.30. The number of amides is 1. The number of fused-ring (bicyclic) bond motifs is 1. The first-order valence-corrected chi connectivity index (χ1v) is 8.80. The van der Waals surface area contributed by atoms with Crippen molar-refractivity contribution in [2.75, 3.05) is 19.5 Å². The van der Waals surface area contributed by atoms with Gasteiger partial charge in [0.05, 0.1) is 25.6 Å². The predicted octanol–water partition coefficient (Wildman–Crippen LogP) is 3.50. The second-order valence-corrected chi connectivity index (χ2v) is 6.51. The van der Waals surface area contributed by atoms with Crippen molar-refractivity contribution in [3.05, 3.63) is 71.4 Å². The van der Waals surface area contributed by atoms with Crippen LogP contribution in [0.15, 0.2) is 54.7 Å². The van der Waals surface area contributed by atoms with Crippen molar-refractivity contribution in [1.82, 2.24) is 9.78 Å². The maximum Gasteiger partial charge on any atom is 0.226 e. The van der Waals surface area contributed by atoms with Crippen molar-refractivity contribution in [3.8, 4) is 11.4 Å². The molecule has 1 unspecified atom stereocenters. The lowest BCUT2D eigenvalue weighted by atomic mass is 9.86. The Balaban J connectivity index is 1.78. The lowest BCUT2D eigenvalue weighted by molar-refractivity contribution is -0.116. The summed E-state index contributed by atoms with van der Waals surface area (Å²) in [5.74, 6) is 1.43. The van der Waals surface area contributed by atoms with Crippen molar-refractivity contribution in [1.29, 1.82) is 0 Å². The Morgan fingerprint density at radius 3 is 2.74 bits per heavy atom. The Hall–Kier alpha value is -3.12. The fraction of sp³-hybridized carbons (Fsp3) is 0.238. The smallest absolute Gasteiger partial charge is 0.226 e. The van der Waals surface area contributed by atoms with E-state index in [1.54, 1.807) is 18.9 Å². The second kappa shape index (κ2) is 7.25. The van der Waals surface area contributed by atoms with E-state index in [2.05, 4.69) is 16.5 Å². The van der Waals surface area contributed by atoms with E-state index in [4.69, 9.17) is 9.47 Å². The molecule has 27 heavy (non-hydrogen) atoms. The van der Waals surface area contributed by atoms with Crippen LogP contribution in [0.25, 0.3) is 5.69 Å². The van der Waals surface area contributed by atoms with Gasteiger partial charge in [-0.15, -0.1) is 0 Å². The molecule has 1 N–H and O–H groups in total. The van der Waals surface area contributed by atoms with E-state index in [0.717, 1.165) is 33.9 Å². The minimum absolute atomic E-state index is 0.0192. The summed E-state index contributed by atoms with van der Waals surface area (Å²) in [7, 11) is 3.30. The zero-order valence-electron chi connectivity index (χ0n) is 15.3. The van der Waals surface area contributed by atoms with Crippen LogP contribution in [0.4, 0.5) is 5.82 Å². The van der Waals surface area contributed by atoms with Crippen molar-refractivity contribution in [2.24, 2.45) is 0 Å². The minimum atomic E-state index is -0.0623. The monoisotopic (exact) mass is 363 g/mol. The van der Waals surface area contributed by atoms with Crippen LogP contribution in [0.5, 0.6) is 5.75 Å². The molecule has 1 amide bonds. The minimum Gasteiger partial charge on any atom is -0.496 e. The molecular weight excluding hydrogens is 342 g/mol. The summed E-state index contributed by atoms with van der Waals surface area (Å²) in [4.78, 5) is 12.4. The van der Waals surface area contributed by atoms with Crippen LogP contribution >= 0.6 is 0 Å². The molecule has 0 bridgehead atoms. The fourth-order valence-corrected chi connectivity index (χ4v) is 3.57. The van der Waals surface area contributed by atoms with E-state index >= 15 is 0 Å². The Morgan fingerprint density at radius 2 is 2.00 bits per heavy atom. The van der Waals surface area contributed by atoms with Gasteiger partial charge in [-0.3, -0.25) is 4.79 Å². The molecule has 1 aliphatic heterocycles. The summed E-state index contributed by atoms with van der Waals surface area (Å²) < 4.78 is 12.5. The lowest BCUT2D eigenvalue weighted by Crippen LogP contribution is -2.24. The molecule has 2 heterocycles. The fourth-order valence-electron chi connectivity index (χ4n) is 3.57. The molecule has 0 spiro atoms. The van der Waals surface area contributed by atoms with Gasteiger partial charge in [0.1, 0.15) is 11.6 Å². The average molecular weight is 363 g/mol. The van der Waals surface area contributed by atoms with E-state index in [9.17, 15) is 4.79 Å². The van der Waals surface area contributed by atoms with Gasteiger partial charge in [-0.25, -0.2) is 4.68 Å². The Labute approximate surface area is 157 Å². The molecule has 4 rings (SSSR count). The molecule has 6 nitrogen and oxygen atoms in total. The number of carbonyl (C=O) groups excluding carboxylic acids is 1. The van der Waals surface area contributed by atoms with E-state index in [1.807, 2.05) is 48.7 Å². The number of nitrogens with zero attached hydrogens (tertiary/aromatic N) is 2. The molecule has 2 aromatic carbocycles. The third-order valence-corrected chi connectivity index (χ3v) is 4.83. The molecule has 0 fully saturated rings. The van der Waals surface area contributed by atoms with Crippen molar-refractivity contribution in [2.45, 2.75) is 18.9 Å². The Bertz CT molecular complexity index is 966. The van der Waals surface area contributed by atoms with E-state index in [1.165, 1.54) is 0 Å². The molecule has 1 atom stereocenters. The summed E-state index contributed by atoms with van der Waals surface area (Å²) in [5, 5.41) is 7.50. The predicted molar refractivity (Wildman–Crippen MR) is 102 cm³/mol. The molecule has 0 saturated carbocycles. The summed E-state index contributed by atoms with van der Waals surface area (Å²) in [6.07, 6.45) is 2.22. The molecule has 138 valence electrons. The first kappa shape index (κ1) is 17.3. The number of ether oxygens (including phenoxy) is 2. The number of carbonyl (C=O) groups is 1. The standard InChI is InChI=1S/C21H21N3O3/c1-26-13-15-10-14(8-9-19(15)27-2)17-11-20(25)23-21-18(17)12-22-24(21)16-6-4-3-5-7-16/h3-10,12,17H,11,13H2,1-2H3,(H,23,25). The van der Waals surface area contributed by atoms with Gasteiger partial charge >= 0.3 is 0 Å². The zero-order chi connectivity index (χ0) is 18.8. The summed E-state index contributed by atoms with van der Waals surface area (Å²) >= 11 is 0. The first-order chi connectivity index (χ1) is 13.2. The number of rotatable bonds is 5. The van der Waals surface area contributed by atoms with Crippen molar-refractivity contribution in [3.63, 3.8) is 0 Å².